The number of aliphatic hydroxyl groups is 1. The molecule has 5 rings (SSSR count). The SMILES string of the molecule is CCc1ccc([N+](=O)[O-])c2cc3c(nc12)-c1cc2c(c(=O)n1C3)COC(=O)[C@]2(O)CC. The minimum atomic E-state index is -1.89. The van der Waals surface area contributed by atoms with Crippen LogP contribution in [0.1, 0.15) is 42.5 Å². The number of cyclic esters (lactones) is 1. The monoisotopic (exact) mass is 421 g/mol. The van der Waals surface area contributed by atoms with E-state index in [0.29, 0.717) is 34.3 Å². The maximum Gasteiger partial charge on any atom is 0.343 e. The average Bonchev–Trinajstić information content (AvgIpc) is 3.12. The maximum absolute atomic E-state index is 13.2. The zero-order valence-corrected chi connectivity index (χ0v) is 17.0. The van der Waals surface area contributed by atoms with Gasteiger partial charge in [-0.25, -0.2) is 9.78 Å². The van der Waals surface area contributed by atoms with Gasteiger partial charge >= 0.3 is 5.97 Å². The van der Waals surface area contributed by atoms with Crippen LogP contribution in [-0.2, 0) is 34.7 Å². The van der Waals surface area contributed by atoms with Crippen LogP contribution in [0.15, 0.2) is 29.1 Å². The van der Waals surface area contributed by atoms with Gasteiger partial charge in [0, 0.05) is 17.2 Å². The number of carbonyl (C=O) groups is 1. The molecule has 0 saturated carbocycles. The molecule has 0 unspecified atom stereocenters. The highest BCUT2D eigenvalue weighted by atomic mass is 16.6. The lowest BCUT2D eigenvalue weighted by Gasteiger charge is -2.31. The molecule has 9 nitrogen and oxygen atoms in total. The number of nitro groups is 1. The summed E-state index contributed by atoms with van der Waals surface area (Å²) in [6, 6.07) is 6.52. The molecule has 2 aromatic heterocycles. The van der Waals surface area contributed by atoms with Crippen LogP contribution in [0.4, 0.5) is 5.69 Å². The van der Waals surface area contributed by atoms with E-state index >= 15 is 0 Å². The average molecular weight is 421 g/mol. The predicted molar refractivity (Wildman–Crippen MR) is 111 cm³/mol. The Balaban J connectivity index is 1.82. The Morgan fingerprint density at radius 2 is 2.06 bits per heavy atom. The molecule has 2 aliphatic heterocycles. The molecule has 158 valence electrons. The number of nitrogens with zero attached hydrogens (tertiary/aromatic N) is 3. The number of ether oxygens (including phenoxy) is 1. The number of esters is 1. The van der Waals surface area contributed by atoms with Crippen LogP contribution in [-0.4, -0.2) is 25.6 Å². The van der Waals surface area contributed by atoms with Crippen molar-refractivity contribution in [2.24, 2.45) is 0 Å². The number of non-ortho nitro benzene ring substituents is 1. The molecule has 0 saturated heterocycles. The zero-order chi connectivity index (χ0) is 22.1. The van der Waals surface area contributed by atoms with E-state index < -0.39 is 16.5 Å². The molecular weight excluding hydrogens is 402 g/mol. The highest BCUT2D eigenvalue weighted by Gasteiger charge is 2.45. The second-order valence-corrected chi connectivity index (χ2v) is 7.85. The van der Waals surface area contributed by atoms with Crippen molar-refractivity contribution >= 4 is 22.6 Å². The molecule has 4 heterocycles. The summed E-state index contributed by atoms with van der Waals surface area (Å²) in [5.74, 6) is -0.777. The summed E-state index contributed by atoms with van der Waals surface area (Å²) in [6.07, 6.45) is 0.699. The Labute approximate surface area is 176 Å². The normalized spacial score (nSPS) is 19.0. The summed E-state index contributed by atoms with van der Waals surface area (Å²) in [7, 11) is 0. The highest BCUT2D eigenvalue weighted by Crippen LogP contribution is 2.40. The highest BCUT2D eigenvalue weighted by molar-refractivity contribution is 5.93. The maximum atomic E-state index is 13.2. The Bertz CT molecular complexity index is 1380. The Hall–Kier alpha value is -3.59. The number of fused-ring (bicyclic) bond motifs is 5. The van der Waals surface area contributed by atoms with Crippen LogP contribution in [0.2, 0.25) is 0 Å². The zero-order valence-electron chi connectivity index (χ0n) is 17.0. The minimum Gasteiger partial charge on any atom is -0.458 e. The number of carbonyl (C=O) groups excluding carboxylic acids is 1. The lowest BCUT2D eigenvalue weighted by molar-refractivity contribution is -0.383. The van der Waals surface area contributed by atoms with Gasteiger partial charge in [-0.2, -0.15) is 0 Å². The summed E-state index contributed by atoms with van der Waals surface area (Å²) in [4.78, 5) is 41.3. The largest absolute Gasteiger partial charge is 0.458 e. The van der Waals surface area contributed by atoms with Crippen LogP contribution in [0.25, 0.3) is 22.3 Å². The van der Waals surface area contributed by atoms with Gasteiger partial charge in [0.05, 0.1) is 39.3 Å². The number of hydrogen-bond donors (Lipinski definition) is 1. The van der Waals surface area contributed by atoms with Crippen LogP contribution in [0.5, 0.6) is 0 Å². The van der Waals surface area contributed by atoms with E-state index in [-0.39, 0.29) is 41.9 Å². The van der Waals surface area contributed by atoms with Gasteiger partial charge in [-0.05, 0) is 30.5 Å². The molecule has 31 heavy (non-hydrogen) atoms. The van der Waals surface area contributed by atoms with E-state index in [2.05, 4.69) is 0 Å². The second kappa shape index (κ2) is 6.45. The third-order valence-electron chi connectivity index (χ3n) is 6.32. The van der Waals surface area contributed by atoms with Crippen molar-refractivity contribution in [1.82, 2.24) is 9.55 Å². The topological polar surface area (TPSA) is 125 Å². The molecule has 0 bridgehead atoms. The Morgan fingerprint density at radius 1 is 1.29 bits per heavy atom. The number of nitro benzene ring substituents is 1. The molecule has 0 fully saturated rings. The lowest BCUT2D eigenvalue weighted by atomic mass is 9.86. The molecule has 0 aliphatic carbocycles. The number of aryl methyl sites for hydroxylation is 1. The fraction of sp³-hybridized carbons (Fsp3) is 0.318. The van der Waals surface area contributed by atoms with E-state index in [0.717, 1.165) is 5.56 Å². The quantitative estimate of drug-likeness (QED) is 0.306. The van der Waals surface area contributed by atoms with E-state index in [4.69, 9.17) is 9.72 Å². The molecule has 1 atom stereocenters. The van der Waals surface area contributed by atoms with Gasteiger partial charge in [0.1, 0.15) is 6.61 Å². The fourth-order valence-electron chi connectivity index (χ4n) is 4.55. The first-order chi connectivity index (χ1) is 14.8. The molecule has 0 amide bonds. The third-order valence-corrected chi connectivity index (χ3v) is 6.32. The first-order valence-electron chi connectivity index (χ1n) is 10.1. The first-order valence-corrected chi connectivity index (χ1v) is 10.1. The number of pyridine rings is 2. The van der Waals surface area contributed by atoms with Crippen LogP contribution in [0, 0.1) is 10.1 Å². The number of rotatable bonds is 3. The van der Waals surface area contributed by atoms with Crippen molar-refractivity contribution < 1.29 is 19.6 Å². The molecule has 0 radical (unpaired) electrons. The number of hydrogen-bond acceptors (Lipinski definition) is 7. The van der Waals surface area contributed by atoms with Gasteiger partial charge in [0.15, 0.2) is 5.60 Å². The predicted octanol–water partition coefficient (Wildman–Crippen LogP) is 2.55. The van der Waals surface area contributed by atoms with Crippen molar-refractivity contribution in [3.63, 3.8) is 0 Å². The molecule has 0 spiro atoms. The smallest absolute Gasteiger partial charge is 0.343 e. The van der Waals surface area contributed by atoms with E-state index in [1.54, 1.807) is 25.1 Å². The number of benzene rings is 1. The summed E-state index contributed by atoms with van der Waals surface area (Å²) in [6.45, 7) is 3.59. The van der Waals surface area contributed by atoms with Crippen molar-refractivity contribution in [1.29, 1.82) is 0 Å². The second-order valence-electron chi connectivity index (χ2n) is 7.85. The van der Waals surface area contributed by atoms with Gasteiger partial charge in [0.25, 0.3) is 11.2 Å². The van der Waals surface area contributed by atoms with Crippen molar-refractivity contribution in [3.05, 3.63) is 67.0 Å². The van der Waals surface area contributed by atoms with Crippen LogP contribution < -0.4 is 5.56 Å². The van der Waals surface area contributed by atoms with Crippen molar-refractivity contribution in [2.75, 3.05) is 0 Å². The van der Waals surface area contributed by atoms with E-state index in [9.17, 15) is 24.8 Å². The summed E-state index contributed by atoms with van der Waals surface area (Å²) < 4.78 is 6.59. The van der Waals surface area contributed by atoms with Crippen molar-refractivity contribution in [3.8, 4) is 11.4 Å². The lowest BCUT2D eigenvalue weighted by Crippen LogP contribution is -2.44. The van der Waals surface area contributed by atoms with Gasteiger partial charge in [0.2, 0.25) is 0 Å². The standard InChI is InChI=1S/C22H19N3O6/c1-3-11-5-6-16(25(29)30)13-7-12-9-24-17(19(12)23-18(11)13)8-15-14(20(24)26)10-31-21(27)22(15,28)4-2/h5-8,28H,3-4,9-10H2,1-2H3/t22-/m0/s1. The summed E-state index contributed by atoms with van der Waals surface area (Å²) in [5.41, 5.74) is 1.25. The molecule has 9 heteroatoms. The van der Waals surface area contributed by atoms with Gasteiger partial charge < -0.3 is 14.4 Å². The molecule has 3 aromatic rings. The summed E-state index contributed by atoms with van der Waals surface area (Å²) in [5, 5.41) is 22.9. The van der Waals surface area contributed by atoms with Gasteiger partial charge in [-0.1, -0.05) is 19.9 Å². The van der Waals surface area contributed by atoms with E-state index in [1.807, 2.05) is 6.92 Å². The van der Waals surface area contributed by atoms with Crippen LogP contribution >= 0.6 is 0 Å². The van der Waals surface area contributed by atoms with Crippen molar-refractivity contribution in [2.45, 2.75) is 45.4 Å². The fourth-order valence-corrected chi connectivity index (χ4v) is 4.55. The van der Waals surface area contributed by atoms with Gasteiger partial charge in [-0.15, -0.1) is 0 Å². The minimum absolute atomic E-state index is 0.0375. The Kier molecular flexibility index (Phi) is 4.03. The molecule has 1 N–H and O–H groups in total. The third kappa shape index (κ3) is 2.50. The molecule has 2 aliphatic rings. The van der Waals surface area contributed by atoms with Crippen LogP contribution in [0.3, 0.4) is 0 Å². The van der Waals surface area contributed by atoms with E-state index in [1.165, 1.54) is 10.6 Å². The molecular formula is C22H19N3O6. The summed E-state index contributed by atoms with van der Waals surface area (Å²) >= 11 is 0. The first kappa shape index (κ1) is 19.4. The Morgan fingerprint density at radius 3 is 2.74 bits per heavy atom. The number of aromatic nitrogens is 2. The molecule has 1 aromatic carbocycles. The van der Waals surface area contributed by atoms with Gasteiger partial charge in [-0.3, -0.25) is 14.9 Å².